The van der Waals surface area contributed by atoms with Crippen molar-refractivity contribution in [3.8, 4) is 6.07 Å². The zero-order valence-corrected chi connectivity index (χ0v) is 8.50. The summed E-state index contributed by atoms with van der Waals surface area (Å²) in [5.41, 5.74) is -0.167. The first-order valence-corrected chi connectivity index (χ1v) is 4.97. The average molecular weight is 222 g/mol. The van der Waals surface area contributed by atoms with E-state index in [2.05, 4.69) is 4.98 Å². The summed E-state index contributed by atoms with van der Waals surface area (Å²) in [5, 5.41) is 19.6. The van der Waals surface area contributed by atoms with Crippen LogP contribution in [0.1, 0.15) is 31.2 Å². The Hall–Kier alpha value is -1.94. The van der Waals surface area contributed by atoms with Crippen molar-refractivity contribution in [3.63, 3.8) is 0 Å². The van der Waals surface area contributed by atoms with Crippen LogP contribution in [0.4, 0.5) is 5.82 Å². The van der Waals surface area contributed by atoms with Gasteiger partial charge in [0.1, 0.15) is 6.07 Å². The second-order valence-electron chi connectivity index (χ2n) is 3.51. The van der Waals surface area contributed by atoms with Crippen LogP contribution < -0.4 is 0 Å². The maximum atomic E-state index is 10.8. The maximum absolute atomic E-state index is 10.8. The molecule has 7 heteroatoms. The lowest BCUT2D eigenvalue weighted by molar-refractivity contribution is -0.394. The average Bonchev–Trinajstić information content (AvgIpc) is 2.73. The SMILES string of the molecule is N#Cc1ncn(C2CCCCO2)c1[N+](=O)[O-]. The highest BCUT2D eigenvalue weighted by Crippen LogP contribution is 2.28. The molecule has 2 rings (SSSR count). The van der Waals surface area contributed by atoms with Crippen LogP contribution in [0.2, 0.25) is 0 Å². The highest BCUT2D eigenvalue weighted by atomic mass is 16.6. The Morgan fingerprint density at radius 1 is 1.69 bits per heavy atom. The Bertz CT molecular complexity index is 442. The van der Waals surface area contributed by atoms with Gasteiger partial charge in [0.15, 0.2) is 6.33 Å². The number of rotatable bonds is 2. The third-order valence-electron chi connectivity index (χ3n) is 2.51. The van der Waals surface area contributed by atoms with Gasteiger partial charge in [-0.1, -0.05) is 0 Å². The molecule has 1 aliphatic heterocycles. The van der Waals surface area contributed by atoms with Crippen LogP contribution in [0.25, 0.3) is 0 Å². The molecular weight excluding hydrogens is 212 g/mol. The van der Waals surface area contributed by atoms with E-state index in [0.29, 0.717) is 13.0 Å². The van der Waals surface area contributed by atoms with E-state index in [1.807, 2.05) is 0 Å². The number of nitriles is 1. The van der Waals surface area contributed by atoms with E-state index in [0.717, 1.165) is 12.8 Å². The quantitative estimate of drug-likeness (QED) is 0.556. The fraction of sp³-hybridized carbons (Fsp3) is 0.556. The highest BCUT2D eigenvalue weighted by Gasteiger charge is 2.29. The Morgan fingerprint density at radius 3 is 3.06 bits per heavy atom. The van der Waals surface area contributed by atoms with Gasteiger partial charge in [0.2, 0.25) is 11.9 Å². The van der Waals surface area contributed by atoms with Gasteiger partial charge >= 0.3 is 5.82 Å². The third kappa shape index (κ3) is 1.75. The summed E-state index contributed by atoms with van der Waals surface area (Å²) in [4.78, 5) is 14.0. The zero-order chi connectivity index (χ0) is 11.5. The van der Waals surface area contributed by atoms with Gasteiger partial charge in [0.25, 0.3) is 0 Å². The molecule has 0 N–H and O–H groups in total. The number of nitro groups is 1. The Morgan fingerprint density at radius 2 is 2.50 bits per heavy atom. The molecule has 7 nitrogen and oxygen atoms in total. The van der Waals surface area contributed by atoms with Crippen molar-refractivity contribution in [2.45, 2.75) is 25.5 Å². The summed E-state index contributed by atoms with van der Waals surface area (Å²) in [5.74, 6) is -0.283. The van der Waals surface area contributed by atoms with Crippen LogP contribution in [0.5, 0.6) is 0 Å². The number of ether oxygens (including phenoxy) is 1. The van der Waals surface area contributed by atoms with Crippen LogP contribution in [0.15, 0.2) is 6.33 Å². The molecule has 16 heavy (non-hydrogen) atoms. The van der Waals surface area contributed by atoms with Crippen molar-refractivity contribution in [2.24, 2.45) is 0 Å². The molecule has 0 aliphatic carbocycles. The van der Waals surface area contributed by atoms with E-state index < -0.39 is 4.92 Å². The zero-order valence-electron chi connectivity index (χ0n) is 8.50. The van der Waals surface area contributed by atoms with Gasteiger partial charge in [0, 0.05) is 6.42 Å². The lowest BCUT2D eigenvalue weighted by atomic mass is 10.2. The fourth-order valence-electron chi connectivity index (χ4n) is 1.77. The van der Waals surface area contributed by atoms with Crippen LogP contribution in [0.3, 0.4) is 0 Å². The van der Waals surface area contributed by atoms with Crippen molar-refractivity contribution in [1.82, 2.24) is 9.55 Å². The smallest absolute Gasteiger partial charge is 0.358 e. The largest absolute Gasteiger partial charge is 0.363 e. The van der Waals surface area contributed by atoms with Gasteiger partial charge in [0.05, 0.1) is 6.61 Å². The minimum atomic E-state index is -0.594. The van der Waals surface area contributed by atoms with E-state index in [9.17, 15) is 10.1 Å². The van der Waals surface area contributed by atoms with Crippen molar-refractivity contribution in [1.29, 1.82) is 5.26 Å². The predicted molar refractivity (Wildman–Crippen MR) is 52.4 cm³/mol. The molecule has 0 radical (unpaired) electrons. The van der Waals surface area contributed by atoms with Gasteiger partial charge in [-0.3, -0.25) is 0 Å². The van der Waals surface area contributed by atoms with Gasteiger partial charge in [-0.15, -0.1) is 0 Å². The molecule has 0 bridgehead atoms. The first-order chi connectivity index (χ1) is 7.74. The molecule has 0 saturated carbocycles. The summed E-state index contributed by atoms with van der Waals surface area (Å²) in [7, 11) is 0. The van der Waals surface area contributed by atoms with Crippen LogP contribution in [-0.4, -0.2) is 21.1 Å². The molecule has 1 aliphatic rings. The van der Waals surface area contributed by atoms with E-state index in [-0.39, 0.29) is 17.7 Å². The summed E-state index contributed by atoms with van der Waals surface area (Å²) in [6.45, 7) is 0.585. The number of hydrogen-bond donors (Lipinski definition) is 0. The van der Waals surface area contributed by atoms with Crippen molar-refractivity contribution in [2.75, 3.05) is 6.61 Å². The van der Waals surface area contributed by atoms with E-state index in [4.69, 9.17) is 10.00 Å². The molecule has 84 valence electrons. The Labute approximate surface area is 91.4 Å². The second-order valence-corrected chi connectivity index (χ2v) is 3.51. The number of nitrogens with zero attached hydrogens (tertiary/aromatic N) is 4. The van der Waals surface area contributed by atoms with Crippen molar-refractivity contribution < 1.29 is 9.66 Å². The molecule has 1 atom stereocenters. The number of hydrogen-bond acceptors (Lipinski definition) is 5. The molecule has 0 amide bonds. The summed E-state index contributed by atoms with van der Waals surface area (Å²) in [6.07, 6.45) is 3.56. The van der Waals surface area contributed by atoms with E-state index in [1.54, 1.807) is 6.07 Å². The molecular formula is C9H10N4O3. The Balaban J connectivity index is 2.36. The van der Waals surface area contributed by atoms with E-state index >= 15 is 0 Å². The first kappa shape index (κ1) is 10.6. The van der Waals surface area contributed by atoms with Gasteiger partial charge in [-0.25, -0.2) is 0 Å². The topological polar surface area (TPSA) is 94.0 Å². The molecule has 1 aromatic heterocycles. The van der Waals surface area contributed by atoms with Gasteiger partial charge < -0.3 is 14.9 Å². The standard InChI is InChI=1S/C9H10N4O3/c10-5-7-9(13(14)15)12(6-11-7)8-3-1-2-4-16-8/h6,8H,1-4H2. The predicted octanol–water partition coefficient (Wildman–Crippen LogP) is 1.36. The Kier molecular flexibility index (Phi) is 2.83. The lowest BCUT2D eigenvalue weighted by Gasteiger charge is -2.20. The van der Waals surface area contributed by atoms with Crippen molar-refractivity contribution in [3.05, 3.63) is 22.1 Å². The number of aromatic nitrogens is 2. The summed E-state index contributed by atoms with van der Waals surface area (Å²) >= 11 is 0. The highest BCUT2D eigenvalue weighted by molar-refractivity contribution is 5.38. The fourth-order valence-corrected chi connectivity index (χ4v) is 1.77. The summed E-state index contributed by atoms with van der Waals surface area (Å²) in [6, 6.07) is 1.71. The van der Waals surface area contributed by atoms with Crippen LogP contribution >= 0.6 is 0 Å². The van der Waals surface area contributed by atoms with Crippen LogP contribution in [0, 0.1) is 21.4 Å². The van der Waals surface area contributed by atoms with Crippen LogP contribution in [-0.2, 0) is 4.74 Å². The monoisotopic (exact) mass is 222 g/mol. The molecule has 1 saturated heterocycles. The normalized spacial score (nSPS) is 20.3. The van der Waals surface area contributed by atoms with Gasteiger partial charge in [-0.2, -0.15) is 14.8 Å². The molecule has 0 aromatic carbocycles. The van der Waals surface area contributed by atoms with Crippen molar-refractivity contribution >= 4 is 5.82 Å². The second kappa shape index (κ2) is 4.28. The summed E-state index contributed by atoms with van der Waals surface area (Å²) < 4.78 is 6.75. The van der Waals surface area contributed by atoms with E-state index in [1.165, 1.54) is 10.9 Å². The molecule has 2 heterocycles. The maximum Gasteiger partial charge on any atom is 0.363 e. The molecule has 1 fully saturated rings. The number of imidazole rings is 1. The lowest BCUT2D eigenvalue weighted by Crippen LogP contribution is -2.18. The first-order valence-electron chi connectivity index (χ1n) is 4.97. The minimum Gasteiger partial charge on any atom is -0.358 e. The third-order valence-corrected chi connectivity index (χ3v) is 2.51. The molecule has 1 unspecified atom stereocenters. The molecule has 1 aromatic rings. The van der Waals surface area contributed by atoms with Gasteiger partial charge in [-0.05, 0) is 17.8 Å². The minimum absolute atomic E-state index is 0.167. The molecule has 0 spiro atoms.